The van der Waals surface area contributed by atoms with E-state index >= 15 is 0 Å². The number of rotatable bonds is 3. The van der Waals surface area contributed by atoms with Gasteiger partial charge >= 0.3 is 0 Å². The van der Waals surface area contributed by atoms with Crippen LogP contribution in [0.25, 0.3) is 33.4 Å². The maximum absolute atomic E-state index is 4.18. The second-order valence-electron chi connectivity index (χ2n) is 5.16. The van der Waals surface area contributed by atoms with Crippen LogP contribution < -0.4 is 0 Å². The van der Waals surface area contributed by atoms with Gasteiger partial charge in [-0.2, -0.15) is 11.1 Å². The van der Waals surface area contributed by atoms with Crippen LogP contribution in [-0.4, -0.2) is 19.9 Å². The first kappa shape index (κ1) is 17.5. The summed E-state index contributed by atoms with van der Waals surface area (Å²) in [7, 11) is 0. The van der Waals surface area contributed by atoms with Crippen LogP contribution in [0.4, 0.5) is 0 Å². The van der Waals surface area contributed by atoms with Gasteiger partial charge in [-0.3, -0.25) is 9.97 Å². The normalized spacial score (nSPS) is 10.1. The Kier molecular flexibility index (Phi) is 5.74. The van der Waals surface area contributed by atoms with Crippen molar-refractivity contribution in [2.75, 3.05) is 0 Å². The van der Waals surface area contributed by atoms with Gasteiger partial charge < -0.3 is 9.97 Å². The van der Waals surface area contributed by atoms with Crippen LogP contribution in [-0.2, 0) is 32.7 Å². The van der Waals surface area contributed by atoms with Crippen LogP contribution in [0, 0.1) is 12.4 Å². The molecule has 0 aliphatic heterocycles. The van der Waals surface area contributed by atoms with Crippen molar-refractivity contribution in [3.05, 3.63) is 86.0 Å². The van der Waals surface area contributed by atoms with Crippen molar-refractivity contribution in [3.63, 3.8) is 0 Å². The molecule has 4 rings (SSSR count). The van der Waals surface area contributed by atoms with Crippen LogP contribution in [0.15, 0.2) is 73.6 Å². The maximum Gasteiger partial charge on any atom is 0.0265 e. The topological polar surface area (TPSA) is 51.6 Å². The zero-order valence-electron chi connectivity index (χ0n) is 13.3. The first-order valence-electron chi connectivity index (χ1n) is 7.48. The zero-order chi connectivity index (χ0) is 16.2. The van der Waals surface area contributed by atoms with Crippen LogP contribution in [0.3, 0.4) is 0 Å². The van der Waals surface area contributed by atoms with E-state index in [9.17, 15) is 0 Å². The summed E-state index contributed by atoms with van der Waals surface area (Å²) in [5.41, 5.74) is 5.87. The second kappa shape index (κ2) is 8.19. The number of nitrogens with zero attached hydrogens (tertiary/aromatic N) is 4. The molecule has 0 N–H and O–H groups in total. The van der Waals surface area contributed by atoms with Gasteiger partial charge in [0.2, 0.25) is 0 Å². The molecular formula is C20H12N4Y-2. The molecule has 0 fully saturated rings. The molecule has 0 unspecified atom stereocenters. The van der Waals surface area contributed by atoms with Gasteiger partial charge in [-0.25, -0.2) is 0 Å². The van der Waals surface area contributed by atoms with Gasteiger partial charge in [0.25, 0.3) is 0 Å². The average molecular weight is 397 g/mol. The van der Waals surface area contributed by atoms with Crippen molar-refractivity contribution in [2.45, 2.75) is 0 Å². The average Bonchev–Trinajstić information content (AvgIpc) is 2.69. The molecule has 4 aromatic heterocycles. The first-order chi connectivity index (χ1) is 11.9. The van der Waals surface area contributed by atoms with Gasteiger partial charge in [0, 0.05) is 57.5 Å². The van der Waals surface area contributed by atoms with E-state index in [-0.39, 0.29) is 32.7 Å². The van der Waals surface area contributed by atoms with E-state index in [0.29, 0.717) is 0 Å². The Morgan fingerprint density at radius 1 is 0.520 bits per heavy atom. The largest absolute Gasteiger partial charge is 0.371 e. The summed E-state index contributed by atoms with van der Waals surface area (Å²) in [4.78, 5) is 16.5. The van der Waals surface area contributed by atoms with E-state index in [1.54, 1.807) is 37.2 Å². The Balaban J connectivity index is 0.00000182. The van der Waals surface area contributed by atoms with Crippen molar-refractivity contribution in [2.24, 2.45) is 0 Å². The summed E-state index contributed by atoms with van der Waals surface area (Å²) >= 11 is 0. The third-order valence-electron chi connectivity index (χ3n) is 3.76. The fraction of sp³-hybridized carbons (Fsp3) is 0. The smallest absolute Gasteiger partial charge is 0.0265 e. The van der Waals surface area contributed by atoms with Crippen molar-refractivity contribution in [3.8, 4) is 33.4 Å². The minimum absolute atomic E-state index is 0. The summed E-state index contributed by atoms with van der Waals surface area (Å²) in [5, 5.41) is 0. The molecule has 1 radical (unpaired) electrons. The maximum atomic E-state index is 4.18. The van der Waals surface area contributed by atoms with Crippen molar-refractivity contribution >= 4 is 0 Å². The molecule has 0 aliphatic rings. The Bertz CT molecular complexity index is 878. The van der Waals surface area contributed by atoms with E-state index in [0.717, 1.165) is 33.4 Å². The fourth-order valence-corrected chi connectivity index (χ4v) is 2.64. The molecular weight excluding hydrogens is 385 g/mol. The minimum atomic E-state index is 0. The molecule has 0 atom stereocenters. The first-order valence-corrected chi connectivity index (χ1v) is 7.48. The van der Waals surface area contributed by atoms with E-state index in [4.69, 9.17) is 0 Å². The van der Waals surface area contributed by atoms with Gasteiger partial charge in [-0.15, -0.1) is 23.3 Å². The standard InChI is InChI=1S/C20H12N4.Y/c1-7-21-8-2-15(1)17-5-11-23-13-19(17)20-14-24-12-6-18(20)16-3-9-22-10-4-16;/h1-12H;/q-2;. The van der Waals surface area contributed by atoms with Crippen LogP contribution in [0.5, 0.6) is 0 Å². The number of pyridine rings is 4. The van der Waals surface area contributed by atoms with E-state index < -0.39 is 0 Å². The van der Waals surface area contributed by atoms with Gasteiger partial charge in [0.15, 0.2) is 0 Å². The summed E-state index contributed by atoms with van der Waals surface area (Å²) in [6, 6.07) is 11.8. The van der Waals surface area contributed by atoms with E-state index in [1.807, 2.05) is 36.4 Å². The number of hydrogen-bond acceptors (Lipinski definition) is 4. The molecule has 0 bridgehead atoms. The molecule has 0 amide bonds. The molecule has 25 heavy (non-hydrogen) atoms. The molecule has 5 heteroatoms. The Labute approximate surface area is 171 Å². The van der Waals surface area contributed by atoms with Crippen LogP contribution in [0.1, 0.15) is 0 Å². The molecule has 117 valence electrons. The van der Waals surface area contributed by atoms with E-state index in [2.05, 4.69) is 32.3 Å². The summed E-state index contributed by atoms with van der Waals surface area (Å²) in [6.45, 7) is 0. The van der Waals surface area contributed by atoms with E-state index in [1.165, 1.54) is 0 Å². The van der Waals surface area contributed by atoms with Gasteiger partial charge in [0.1, 0.15) is 0 Å². The second-order valence-corrected chi connectivity index (χ2v) is 5.16. The molecule has 0 aliphatic carbocycles. The van der Waals surface area contributed by atoms with Gasteiger partial charge in [0.05, 0.1) is 0 Å². The third-order valence-corrected chi connectivity index (χ3v) is 3.76. The Hall–Kier alpha value is -2.30. The number of hydrogen-bond donors (Lipinski definition) is 0. The molecule has 4 nitrogen and oxygen atoms in total. The summed E-state index contributed by atoms with van der Waals surface area (Å²) in [6.07, 6.45) is 16.8. The molecule has 0 saturated heterocycles. The van der Waals surface area contributed by atoms with Crippen molar-refractivity contribution in [1.29, 1.82) is 0 Å². The minimum Gasteiger partial charge on any atom is -0.371 e. The quantitative estimate of drug-likeness (QED) is 0.493. The number of aromatic nitrogens is 4. The van der Waals surface area contributed by atoms with Gasteiger partial charge in [-0.1, -0.05) is 35.9 Å². The van der Waals surface area contributed by atoms with Gasteiger partial charge in [-0.05, 0) is 24.3 Å². The third kappa shape index (κ3) is 3.70. The van der Waals surface area contributed by atoms with Crippen LogP contribution in [0.2, 0.25) is 0 Å². The Morgan fingerprint density at radius 3 is 1.32 bits per heavy atom. The predicted octanol–water partition coefficient (Wildman–Crippen LogP) is 3.87. The summed E-state index contributed by atoms with van der Waals surface area (Å²) < 4.78 is 0. The van der Waals surface area contributed by atoms with Crippen molar-refractivity contribution < 1.29 is 32.7 Å². The molecule has 0 aromatic carbocycles. The molecule has 0 spiro atoms. The Morgan fingerprint density at radius 2 is 0.920 bits per heavy atom. The molecule has 4 heterocycles. The SMILES string of the molecule is [Y].[c-]1nccc(-c2ccncc2)c1-c1[c-]nccc1-c1ccncc1. The predicted molar refractivity (Wildman–Crippen MR) is 91.6 cm³/mol. The summed E-state index contributed by atoms with van der Waals surface area (Å²) in [5.74, 6) is 0. The molecule has 0 saturated carbocycles. The molecule has 4 aromatic rings. The monoisotopic (exact) mass is 397 g/mol. The van der Waals surface area contributed by atoms with Crippen LogP contribution >= 0.6 is 0 Å². The zero-order valence-corrected chi connectivity index (χ0v) is 16.1. The fourth-order valence-electron chi connectivity index (χ4n) is 2.64. The van der Waals surface area contributed by atoms with Crippen molar-refractivity contribution in [1.82, 2.24) is 19.9 Å².